The van der Waals surface area contributed by atoms with Crippen LogP contribution in [0.15, 0.2) is 0 Å². The molecule has 0 atom stereocenters. The predicted molar refractivity (Wildman–Crippen MR) is 16.3 cm³/mol. The molecule has 0 fully saturated rings. The van der Waals surface area contributed by atoms with Crippen LogP contribution in [0.3, 0.4) is 0 Å². The second-order valence-electron chi connectivity index (χ2n) is 0. The van der Waals surface area contributed by atoms with Crippen LogP contribution in [-0.4, -0.2) is 51.7 Å². The van der Waals surface area contributed by atoms with E-state index >= 15 is 0 Å². The Kier molecular flexibility index (Phi) is 4850. The topological polar surface area (TPSA) is 200 Å². The van der Waals surface area contributed by atoms with Crippen molar-refractivity contribution in [3.63, 3.8) is 0 Å². The van der Waals surface area contributed by atoms with Crippen molar-refractivity contribution in [3.05, 3.63) is 0 Å². The van der Waals surface area contributed by atoms with Gasteiger partial charge in [0.15, 0.2) is 0 Å². The molecule has 0 aliphatic rings. The van der Waals surface area contributed by atoms with Crippen molar-refractivity contribution in [2.45, 2.75) is 0 Å². The average Bonchev–Trinajstić information content (AvgIpc) is 0. The standard InChI is InChI=1S/2In.7O.4Zn/q2*+3;7*-2;4*+2. The molecule has 0 saturated heterocycles. The molecule has 7 nitrogen and oxygen atoms in total. The molecule has 0 N–H and O–H groups in total. The van der Waals surface area contributed by atoms with Crippen molar-refractivity contribution in [1.29, 1.82) is 0 Å². The maximum absolute atomic E-state index is 0. The Morgan fingerprint density at radius 2 is 0.231 bits per heavy atom. The molecule has 0 saturated carbocycles. The van der Waals surface area contributed by atoms with Crippen LogP contribution in [0, 0.1) is 0 Å². The van der Waals surface area contributed by atoms with Crippen LogP contribution in [-0.2, 0) is 116 Å². The molecule has 0 aliphatic carbocycles. The van der Waals surface area contributed by atoms with Crippen molar-refractivity contribution in [2.75, 3.05) is 0 Å². The van der Waals surface area contributed by atoms with Gasteiger partial charge in [0, 0.05) is 0 Å². The first kappa shape index (κ1) is 276. The first-order valence-electron chi connectivity index (χ1n) is 0. The van der Waals surface area contributed by atoms with E-state index in [9.17, 15) is 0 Å². The fourth-order valence-corrected chi connectivity index (χ4v) is 0. The molecule has 0 aromatic heterocycles. The third kappa shape index (κ3) is 199. The minimum atomic E-state index is 0. The Morgan fingerprint density at radius 1 is 0.231 bits per heavy atom. The number of rotatable bonds is 0. The summed E-state index contributed by atoms with van der Waals surface area (Å²) in [6.07, 6.45) is 0. The molecule has 0 aromatic carbocycles. The van der Waals surface area contributed by atoms with Gasteiger partial charge in [-0.25, -0.2) is 0 Å². The second-order valence-corrected chi connectivity index (χ2v) is 0. The third-order valence-corrected chi connectivity index (χ3v) is 0. The van der Waals surface area contributed by atoms with Crippen LogP contribution >= 0.6 is 0 Å². The SMILES string of the molecule is [In+3].[In+3].[O-2].[O-2].[O-2].[O-2].[O-2].[O-2].[O-2].[Zn+2].[Zn+2].[Zn+2].[Zn+2]. The van der Waals surface area contributed by atoms with E-state index in [1.165, 1.54) is 0 Å². The van der Waals surface area contributed by atoms with Gasteiger partial charge in [0.1, 0.15) is 0 Å². The van der Waals surface area contributed by atoms with Crippen LogP contribution in [0.4, 0.5) is 0 Å². The summed E-state index contributed by atoms with van der Waals surface area (Å²) in [6, 6.07) is 0. The van der Waals surface area contributed by atoms with E-state index in [1.54, 1.807) is 0 Å². The quantitative estimate of drug-likeness (QED) is 0.288. The number of hydrogen-bond donors (Lipinski definition) is 0. The smallest absolute Gasteiger partial charge is 2.00 e. The van der Waals surface area contributed by atoms with Gasteiger partial charge in [0.2, 0.25) is 0 Å². The summed E-state index contributed by atoms with van der Waals surface area (Å²) in [6.45, 7) is 0. The molecular weight excluding hydrogens is 603 g/mol. The van der Waals surface area contributed by atoms with E-state index < -0.39 is 0 Å². The van der Waals surface area contributed by atoms with Gasteiger partial charge < -0.3 is 38.3 Å². The average molecular weight is 603 g/mol. The Balaban J connectivity index is 0. The number of hydrogen-bond acceptors (Lipinski definition) is 0. The summed E-state index contributed by atoms with van der Waals surface area (Å²) in [5.74, 6) is 0. The fraction of sp³-hybridized carbons (Fsp3) is 0. The van der Waals surface area contributed by atoms with Crippen LogP contribution < -0.4 is 0 Å². The molecule has 0 rings (SSSR count). The summed E-state index contributed by atoms with van der Waals surface area (Å²) >= 11 is 0. The molecule has 13 heavy (non-hydrogen) atoms. The minimum Gasteiger partial charge on any atom is -2.00 e. The van der Waals surface area contributed by atoms with Crippen molar-refractivity contribution >= 4 is 51.7 Å². The van der Waals surface area contributed by atoms with E-state index in [1.807, 2.05) is 0 Å². The molecular formula is In2O7Zn4. The molecule has 0 bridgehead atoms. The summed E-state index contributed by atoms with van der Waals surface area (Å²) < 4.78 is 0. The Morgan fingerprint density at radius 3 is 0.231 bits per heavy atom. The summed E-state index contributed by atoms with van der Waals surface area (Å²) in [7, 11) is 0. The van der Waals surface area contributed by atoms with Crippen LogP contribution in [0.5, 0.6) is 0 Å². The summed E-state index contributed by atoms with van der Waals surface area (Å²) in [4.78, 5) is 0. The van der Waals surface area contributed by atoms with Gasteiger partial charge in [-0.1, -0.05) is 0 Å². The van der Waals surface area contributed by atoms with E-state index in [0.717, 1.165) is 0 Å². The van der Waals surface area contributed by atoms with Gasteiger partial charge in [-0.05, 0) is 0 Å². The van der Waals surface area contributed by atoms with Gasteiger partial charge in [-0.15, -0.1) is 0 Å². The predicted octanol–water partition coefficient (Wildman–Crippen LogP) is -1.60. The Hall–Kier alpha value is 3.95. The third-order valence-electron chi connectivity index (χ3n) is 0. The van der Waals surface area contributed by atoms with Crippen molar-refractivity contribution in [3.8, 4) is 0 Å². The zero-order valence-corrected chi connectivity index (χ0v) is 25.3. The van der Waals surface area contributed by atoms with E-state index in [-0.39, 0.29) is 168 Å². The maximum atomic E-state index is 0. The fourth-order valence-electron chi connectivity index (χ4n) is 0. The minimum absolute atomic E-state index is 0. The van der Waals surface area contributed by atoms with Gasteiger partial charge in [0.05, 0.1) is 0 Å². The van der Waals surface area contributed by atoms with Gasteiger partial charge in [-0.3, -0.25) is 0 Å². The first-order valence-corrected chi connectivity index (χ1v) is 0. The van der Waals surface area contributed by atoms with Crippen molar-refractivity contribution < 1.29 is 116 Å². The normalized spacial score (nSPS) is 0. The maximum Gasteiger partial charge on any atom is 3.00 e. The molecule has 56 valence electrons. The molecule has 0 aliphatic heterocycles. The van der Waals surface area contributed by atoms with E-state index in [4.69, 9.17) is 0 Å². The molecule has 0 aromatic rings. The van der Waals surface area contributed by atoms with E-state index in [2.05, 4.69) is 0 Å². The molecule has 0 amide bonds. The zero-order chi connectivity index (χ0) is 0. The molecule has 0 spiro atoms. The molecule has 0 radical (unpaired) electrons. The van der Waals surface area contributed by atoms with Crippen LogP contribution in [0.1, 0.15) is 0 Å². The molecule has 0 unspecified atom stereocenters. The van der Waals surface area contributed by atoms with Gasteiger partial charge in [0.25, 0.3) is 0 Å². The summed E-state index contributed by atoms with van der Waals surface area (Å²) in [5, 5.41) is 0. The first-order chi connectivity index (χ1) is 0. The molecule has 13 heteroatoms. The Labute approximate surface area is 165 Å². The van der Waals surface area contributed by atoms with Gasteiger partial charge in [-0.2, -0.15) is 0 Å². The van der Waals surface area contributed by atoms with Crippen molar-refractivity contribution in [1.82, 2.24) is 0 Å². The molecule has 0 heterocycles. The van der Waals surface area contributed by atoms with Crippen molar-refractivity contribution in [2.24, 2.45) is 0 Å². The summed E-state index contributed by atoms with van der Waals surface area (Å²) in [5.41, 5.74) is 0. The second kappa shape index (κ2) is 228. The van der Waals surface area contributed by atoms with E-state index in [0.29, 0.717) is 0 Å². The van der Waals surface area contributed by atoms with Gasteiger partial charge >= 0.3 is 130 Å². The monoisotopic (exact) mass is 597 g/mol. The van der Waals surface area contributed by atoms with Crippen LogP contribution in [0.2, 0.25) is 0 Å². The van der Waals surface area contributed by atoms with Crippen LogP contribution in [0.25, 0.3) is 0 Å². The Bertz CT molecular complexity index is 18.5. The zero-order valence-electron chi connectivity index (χ0n) is 6.84. The largest absolute Gasteiger partial charge is 3.00 e.